The molecule has 2 aromatic carbocycles. The SMILES string of the molecule is Cn1c([S-])c(-c2ccc(C#N)c3ccccc23)c2ncccc21.[Na+]. The zero-order chi connectivity index (χ0) is 16.0. The van der Waals surface area contributed by atoms with Gasteiger partial charge < -0.3 is 17.2 Å². The minimum absolute atomic E-state index is 0. The average Bonchev–Trinajstić information content (AvgIpc) is 2.85. The molecule has 0 saturated heterocycles. The number of hydrogen-bond acceptors (Lipinski definition) is 3. The number of hydrogen-bond donors (Lipinski definition) is 0. The van der Waals surface area contributed by atoms with E-state index in [9.17, 15) is 5.26 Å². The van der Waals surface area contributed by atoms with E-state index in [1.54, 1.807) is 6.20 Å². The van der Waals surface area contributed by atoms with Crippen LogP contribution in [0.5, 0.6) is 0 Å². The predicted molar refractivity (Wildman–Crippen MR) is 94.0 cm³/mol. The van der Waals surface area contributed by atoms with Crippen LogP contribution in [0.25, 0.3) is 32.9 Å². The van der Waals surface area contributed by atoms with Crippen molar-refractivity contribution in [1.82, 2.24) is 9.55 Å². The Morgan fingerprint density at radius 1 is 1.04 bits per heavy atom. The molecular formula is C19H12N3NaS. The minimum atomic E-state index is 0. The van der Waals surface area contributed by atoms with E-state index in [4.69, 9.17) is 12.6 Å². The molecule has 0 N–H and O–H groups in total. The van der Waals surface area contributed by atoms with Gasteiger partial charge in [-0.1, -0.05) is 35.4 Å². The van der Waals surface area contributed by atoms with Gasteiger partial charge in [-0.3, -0.25) is 4.98 Å². The van der Waals surface area contributed by atoms with Crippen LogP contribution in [-0.4, -0.2) is 9.55 Å². The first kappa shape index (κ1) is 16.9. The molecule has 0 atom stereocenters. The Hall–Kier alpha value is -1.90. The van der Waals surface area contributed by atoms with E-state index >= 15 is 0 Å². The number of rotatable bonds is 1. The van der Waals surface area contributed by atoms with Crippen molar-refractivity contribution in [2.24, 2.45) is 7.05 Å². The van der Waals surface area contributed by atoms with Crippen LogP contribution in [0.15, 0.2) is 59.8 Å². The standard InChI is InChI=1S/C19H13N3S.Na/c1-22-16-7-4-10-21-18(16)17(19(22)23)15-9-8-12(11-20)13-5-2-3-6-14(13)15;/h2-10,23H,1H3;/q;+1/p-1. The molecule has 5 heteroatoms. The summed E-state index contributed by atoms with van der Waals surface area (Å²) in [6, 6.07) is 18.0. The van der Waals surface area contributed by atoms with E-state index in [2.05, 4.69) is 11.1 Å². The quantitative estimate of drug-likeness (QED) is 0.387. The molecule has 4 rings (SSSR count). The van der Waals surface area contributed by atoms with Crippen molar-refractivity contribution in [3.8, 4) is 17.2 Å². The van der Waals surface area contributed by atoms with Gasteiger partial charge in [0.05, 0.1) is 22.7 Å². The summed E-state index contributed by atoms with van der Waals surface area (Å²) in [5.41, 5.74) is 4.56. The summed E-state index contributed by atoms with van der Waals surface area (Å²) in [5, 5.41) is 12.1. The Morgan fingerprint density at radius 2 is 1.79 bits per heavy atom. The molecule has 0 aliphatic rings. The van der Waals surface area contributed by atoms with Gasteiger partial charge in [0.15, 0.2) is 0 Å². The third-order valence-corrected chi connectivity index (χ3v) is 4.69. The summed E-state index contributed by atoms with van der Waals surface area (Å²) in [5.74, 6) is 0. The van der Waals surface area contributed by atoms with Gasteiger partial charge in [0, 0.05) is 24.2 Å². The molecule has 2 heterocycles. The predicted octanol–water partition coefficient (Wildman–Crippen LogP) is 1.17. The topological polar surface area (TPSA) is 41.6 Å². The monoisotopic (exact) mass is 337 g/mol. The van der Waals surface area contributed by atoms with Crippen LogP contribution in [0.1, 0.15) is 5.56 Å². The molecule has 0 amide bonds. The largest absolute Gasteiger partial charge is 1.00 e. The minimum Gasteiger partial charge on any atom is -0.762 e. The number of benzene rings is 2. The summed E-state index contributed by atoms with van der Waals surface area (Å²) < 4.78 is 1.99. The van der Waals surface area contributed by atoms with Crippen LogP contribution in [0.3, 0.4) is 0 Å². The summed E-state index contributed by atoms with van der Waals surface area (Å²) in [4.78, 5) is 4.54. The molecule has 0 fully saturated rings. The average molecular weight is 337 g/mol. The molecule has 0 saturated carbocycles. The van der Waals surface area contributed by atoms with Gasteiger partial charge in [-0.15, -0.1) is 0 Å². The van der Waals surface area contributed by atoms with E-state index in [0.717, 1.165) is 38.0 Å². The van der Waals surface area contributed by atoms with Crippen molar-refractivity contribution in [3.63, 3.8) is 0 Å². The van der Waals surface area contributed by atoms with Gasteiger partial charge in [0.1, 0.15) is 0 Å². The van der Waals surface area contributed by atoms with Crippen LogP contribution in [0, 0.1) is 11.3 Å². The Bertz CT molecular complexity index is 1110. The first-order valence-electron chi connectivity index (χ1n) is 7.25. The third kappa shape index (κ3) is 2.42. The Morgan fingerprint density at radius 3 is 2.54 bits per heavy atom. The molecular weight excluding hydrogens is 325 g/mol. The molecule has 24 heavy (non-hydrogen) atoms. The van der Waals surface area contributed by atoms with Crippen LogP contribution in [-0.2, 0) is 19.7 Å². The second kappa shape index (κ2) is 6.54. The first-order valence-corrected chi connectivity index (χ1v) is 7.66. The molecule has 4 aromatic rings. The maximum Gasteiger partial charge on any atom is 1.00 e. The Labute approximate surface area is 167 Å². The van der Waals surface area contributed by atoms with E-state index in [0.29, 0.717) is 5.56 Å². The normalized spacial score (nSPS) is 10.5. The summed E-state index contributed by atoms with van der Waals surface area (Å²) in [6.07, 6.45) is 1.78. The molecule has 3 nitrogen and oxygen atoms in total. The van der Waals surface area contributed by atoms with E-state index in [-0.39, 0.29) is 29.6 Å². The van der Waals surface area contributed by atoms with Crippen molar-refractivity contribution in [2.45, 2.75) is 5.03 Å². The molecule has 0 aliphatic carbocycles. The zero-order valence-electron chi connectivity index (χ0n) is 13.4. The maximum atomic E-state index is 9.34. The zero-order valence-corrected chi connectivity index (χ0v) is 16.3. The van der Waals surface area contributed by atoms with Crippen molar-refractivity contribution < 1.29 is 29.6 Å². The number of aromatic nitrogens is 2. The number of nitrogens with zero attached hydrogens (tertiary/aromatic N) is 3. The molecule has 2 aromatic heterocycles. The molecule has 0 aliphatic heterocycles. The van der Waals surface area contributed by atoms with E-state index < -0.39 is 0 Å². The maximum absolute atomic E-state index is 9.34. The second-order valence-electron chi connectivity index (χ2n) is 5.43. The van der Waals surface area contributed by atoms with Gasteiger partial charge in [0.2, 0.25) is 0 Å². The number of nitriles is 1. The number of aryl methyl sites for hydroxylation is 1. The van der Waals surface area contributed by atoms with Gasteiger partial charge in [-0.2, -0.15) is 5.26 Å². The van der Waals surface area contributed by atoms with Gasteiger partial charge in [0.25, 0.3) is 0 Å². The van der Waals surface area contributed by atoms with Crippen LogP contribution >= 0.6 is 0 Å². The van der Waals surface area contributed by atoms with E-state index in [1.165, 1.54) is 0 Å². The van der Waals surface area contributed by atoms with Crippen molar-refractivity contribution >= 4 is 34.4 Å². The Kier molecular flexibility index (Phi) is 4.62. The first-order chi connectivity index (χ1) is 11.2. The number of pyridine rings is 1. The van der Waals surface area contributed by atoms with Crippen LogP contribution in [0.2, 0.25) is 0 Å². The van der Waals surface area contributed by atoms with Crippen LogP contribution < -0.4 is 29.6 Å². The smallest absolute Gasteiger partial charge is 0.762 e. The fourth-order valence-corrected chi connectivity index (χ4v) is 3.40. The Balaban J connectivity index is 0.00000169. The van der Waals surface area contributed by atoms with Crippen molar-refractivity contribution in [3.05, 3.63) is 60.3 Å². The molecule has 0 spiro atoms. The summed E-state index contributed by atoms with van der Waals surface area (Å²) in [6.45, 7) is 0. The van der Waals surface area contributed by atoms with Gasteiger partial charge in [-0.25, -0.2) is 0 Å². The molecule has 110 valence electrons. The van der Waals surface area contributed by atoms with Crippen molar-refractivity contribution in [2.75, 3.05) is 0 Å². The molecule has 0 bridgehead atoms. The molecule has 0 radical (unpaired) electrons. The van der Waals surface area contributed by atoms with Crippen molar-refractivity contribution in [1.29, 1.82) is 5.26 Å². The summed E-state index contributed by atoms with van der Waals surface area (Å²) in [7, 11) is 1.96. The number of fused-ring (bicyclic) bond motifs is 2. The second-order valence-corrected chi connectivity index (χ2v) is 5.82. The molecule has 0 unspecified atom stereocenters. The third-order valence-electron chi connectivity index (χ3n) is 4.22. The van der Waals surface area contributed by atoms with Gasteiger partial charge >= 0.3 is 29.6 Å². The van der Waals surface area contributed by atoms with Gasteiger partial charge in [-0.05, 0) is 29.1 Å². The van der Waals surface area contributed by atoms with Crippen LogP contribution in [0.4, 0.5) is 0 Å². The van der Waals surface area contributed by atoms with E-state index in [1.807, 2.05) is 60.1 Å². The fourth-order valence-electron chi connectivity index (χ4n) is 3.10. The summed E-state index contributed by atoms with van der Waals surface area (Å²) >= 11 is 5.66. The fraction of sp³-hybridized carbons (Fsp3) is 0.0526.